The molecule has 0 aliphatic rings. The van der Waals surface area contributed by atoms with Gasteiger partial charge in [0.2, 0.25) is 0 Å². The van der Waals surface area contributed by atoms with E-state index in [2.05, 4.69) is 9.47 Å². The Morgan fingerprint density at radius 1 is 1.23 bits per heavy atom. The van der Waals surface area contributed by atoms with Crippen molar-refractivity contribution in [1.82, 2.24) is 0 Å². The van der Waals surface area contributed by atoms with Crippen LogP contribution in [0.15, 0.2) is 11.8 Å². The summed E-state index contributed by atoms with van der Waals surface area (Å²) < 4.78 is 8.77. The van der Waals surface area contributed by atoms with Gasteiger partial charge in [-0.3, -0.25) is 0 Å². The van der Waals surface area contributed by atoms with E-state index >= 15 is 0 Å². The maximum atomic E-state index is 10.8. The van der Waals surface area contributed by atoms with Crippen LogP contribution in [0.2, 0.25) is 0 Å². The third kappa shape index (κ3) is 4.84. The van der Waals surface area contributed by atoms with Crippen LogP contribution < -0.4 is 5.11 Å². The molecule has 74 valence electrons. The van der Waals surface area contributed by atoms with Crippen LogP contribution in [0.3, 0.4) is 0 Å². The van der Waals surface area contributed by atoms with Crippen LogP contribution >= 0.6 is 0 Å². The largest absolute Gasteiger partial charge is 0.867 e. The molecule has 0 unspecified atom stereocenters. The monoisotopic (exact) mass is 187 g/mol. The number of carbonyl (C=O) groups is 2. The Labute approximate surface area is 75.9 Å². The van der Waals surface area contributed by atoms with E-state index in [1.807, 2.05) is 0 Å². The van der Waals surface area contributed by atoms with Crippen molar-refractivity contribution in [3.63, 3.8) is 0 Å². The molecular formula is C8H11O5-. The first-order chi connectivity index (χ1) is 6.11. The molecule has 5 nitrogen and oxygen atoms in total. The summed E-state index contributed by atoms with van der Waals surface area (Å²) in [6.07, 6.45) is 0.571. The van der Waals surface area contributed by atoms with Crippen molar-refractivity contribution in [2.45, 2.75) is 13.8 Å². The number of ether oxygens (including phenoxy) is 2. The summed E-state index contributed by atoms with van der Waals surface area (Å²) in [5, 5.41) is 10.8. The zero-order chi connectivity index (χ0) is 10.3. The molecule has 0 amide bonds. The van der Waals surface area contributed by atoms with Crippen molar-refractivity contribution < 1.29 is 24.2 Å². The number of rotatable bonds is 4. The Kier molecular flexibility index (Phi) is 5.34. The Morgan fingerprint density at radius 3 is 2.23 bits per heavy atom. The average Bonchev–Trinajstić information content (AvgIpc) is 2.05. The van der Waals surface area contributed by atoms with E-state index in [-0.39, 0.29) is 13.2 Å². The molecule has 0 fully saturated rings. The molecule has 13 heavy (non-hydrogen) atoms. The second-order valence-corrected chi connectivity index (χ2v) is 1.98. The topological polar surface area (TPSA) is 75.7 Å². The van der Waals surface area contributed by atoms with E-state index in [1.165, 1.54) is 0 Å². The zero-order valence-electron chi connectivity index (χ0n) is 7.53. The first kappa shape index (κ1) is 11.5. The summed E-state index contributed by atoms with van der Waals surface area (Å²) in [5.74, 6) is -2.88. The van der Waals surface area contributed by atoms with Crippen LogP contribution in [-0.4, -0.2) is 25.2 Å². The third-order valence-electron chi connectivity index (χ3n) is 1.01. The van der Waals surface area contributed by atoms with Gasteiger partial charge in [0.15, 0.2) is 0 Å². The minimum absolute atomic E-state index is 0.0985. The maximum Gasteiger partial charge on any atom is 0.330 e. The predicted octanol–water partition coefficient (Wildman–Crippen LogP) is -0.643. The molecule has 0 bridgehead atoms. The van der Waals surface area contributed by atoms with Gasteiger partial charge in [0.1, 0.15) is 0 Å². The molecule has 0 atom stereocenters. The van der Waals surface area contributed by atoms with Crippen LogP contribution in [0.25, 0.3) is 0 Å². The lowest BCUT2D eigenvalue weighted by molar-refractivity contribution is -0.303. The van der Waals surface area contributed by atoms with Crippen LogP contribution in [0.4, 0.5) is 0 Å². The van der Waals surface area contributed by atoms with Gasteiger partial charge in [-0.25, -0.2) is 9.59 Å². The lowest BCUT2D eigenvalue weighted by Gasteiger charge is -2.09. The normalized spacial score (nSPS) is 10.8. The van der Waals surface area contributed by atoms with E-state index in [0.717, 1.165) is 0 Å². The van der Waals surface area contributed by atoms with E-state index in [9.17, 15) is 14.7 Å². The van der Waals surface area contributed by atoms with E-state index in [0.29, 0.717) is 6.08 Å². The van der Waals surface area contributed by atoms with Gasteiger partial charge in [0, 0.05) is 6.08 Å². The molecule has 0 aliphatic heterocycles. The van der Waals surface area contributed by atoms with Crippen molar-refractivity contribution in [1.29, 1.82) is 0 Å². The summed E-state index contributed by atoms with van der Waals surface area (Å²) in [7, 11) is 0. The average molecular weight is 187 g/mol. The summed E-state index contributed by atoms with van der Waals surface area (Å²) in [6, 6.07) is 0. The zero-order valence-corrected chi connectivity index (χ0v) is 7.53. The van der Waals surface area contributed by atoms with Crippen molar-refractivity contribution in [2.75, 3.05) is 13.2 Å². The third-order valence-corrected chi connectivity index (χ3v) is 1.01. The van der Waals surface area contributed by atoms with Crippen LogP contribution in [-0.2, 0) is 19.1 Å². The molecule has 0 aromatic heterocycles. The maximum absolute atomic E-state index is 10.8. The summed E-state index contributed by atoms with van der Waals surface area (Å²) in [6.45, 7) is 3.42. The molecule has 0 aromatic rings. The highest BCUT2D eigenvalue weighted by atomic mass is 16.5. The van der Waals surface area contributed by atoms with Crippen molar-refractivity contribution in [2.24, 2.45) is 0 Å². The Morgan fingerprint density at radius 2 is 1.77 bits per heavy atom. The number of hydrogen-bond acceptors (Lipinski definition) is 5. The molecule has 0 rings (SSSR count). The number of esters is 2. The number of hydrogen-bond donors (Lipinski definition) is 0. The van der Waals surface area contributed by atoms with Gasteiger partial charge in [0.05, 0.1) is 13.2 Å². The number of carbonyl (C=O) groups excluding carboxylic acids is 2. The fourth-order valence-electron chi connectivity index (χ4n) is 0.552. The van der Waals surface area contributed by atoms with Crippen molar-refractivity contribution in [3.05, 3.63) is 11.8 Å². The SMILES string of the molecule is CCOC(=O)C=C([O-])C(=O)OCC. The summed E-state index contributed by atoms with van der Waals surface area (Å²) >= 11 is 0. The quantitative estimate of drug-likeness (QED) is 0.332. The van der Waals surface area contributed by atoms with E-state index in [4.69, 9.17) is 0 Å². The highest BCUT2D eigenvalue weighted by Crippen LogP contribution is 1.90. The molecule has 0 saturated heterocycles. The van der Waals surface area contributed by atoms with Crippen LogP contribution in [0.1, 0.15) is 13.8 Å². The van der Waals surface area contributed by atoms with Gasteiger partial charge in [-0.1, -0.05) is 0 Å². The van der Waals surface area contributed by atoms with E-state index < -0.39 is 17.7 Å². The summed E-state index contributed by atoms with van der Waals surface area (Å²) in [4.78, 5) is 21.3. The van der Waals surface area contributed by atoms with Crippen LogP contribution in [0, 0.1) is 0 Å². The van der Waals surface area contributed by atoms with Gasteiger partial charge in [0.25, 0.3) is 0 Å². The Balaban J connectivity index is 4.14. The molecule has 0 saturated carbocycles. The van der Waals surface area contributed by atoms with Gasteiger partial charge in [-0.2, -0.15) is 0 Å². The van der Waals surface area contributed by atoms with Crippen LogP contribution in [0.5, 0.6) is 0 Å². The lowest BCUT2D eigenvalue weighted by atomic mass is 10.4. The van der Waals surface area contributed by atoms with Gasteiger partial charge >= 0.3 is 11.9 Å². The van der Waals surface area contributed by atoms with Crippen molar-refractivity contribution >= 4 is 11.9 Å². The molecule has 0 aliphatic carbocycles. The Hall–Kier alpha value is -1.52. The Bertz CT molecular complexity index is 219. The fourth-order valence-corrected chi connectivity index (χ4v) is 0.552. The van der Waals surface area contributed by atoms with Gasteiger partial charge < -0.3 is 14.6 Å². The molecule has 0 spiro atoms. The molecule has 0 radical (unpaired) electrons. The minimum atomic E-state index is -1.05. The predicted molar refractivity (Wildman–Crippen MR) is 41.3 cm³/mol. The first-order valence-electron chi connectivity index (χ1n) is 3.84. The highest BCUT2D eigenvalue weighted by Gasteiger charge is 2.02. The first-order valence-corrected chi connectivity index (χ1v) is 3.84. The lowest BCUT2D eigenvalue weighted by Crippen LogP contribution is -2.20. The molecular weight excluding hydrogens is 176 g/mol. The minimum Gasteiger partial charge on any atom is -0.867 e. The standard InChI is InChI=1S/C8H12O5/c1-3-12-7(10)5-6(9)8(11)13-4-2/h5,9H,3-4H2,1-2H3/p-1. The molecule has 0 heterocycles. The van der Waals surface area contributed by atoms with Crippen molar-refractivity contribution in [3.8, 4) is 0 Å². The smallest absolute Gasteiger partial charge is 0.330 e. The highest BCUT2D eigenvalue weighted by molar-refractivity contribution is 5.93. The second kappa shape index (κ2) is 6.05. The van der Waals surface area contributed by atoms with Gasteiger partial charge in [-0.15, -0.1) is 0 Å². The fraction of sp³-hybridized carbons (Fsp3) is 0.500. The van der Waals surface area contributed by atoms with E-state index in [1.54, 1.807) is 13.8 Å². The molecule has 0 N–H and O–H groups in total. The summed E-state index contributed by atoms with van der Waals surface area (Å²) in [5.41, 5.74) is 0. The van der Waals surface area contributed by atoms with Gasteiger partial charge in [-0.05, 0) is 19.6 Å². The second-order valence-electron chi connectivity index (χ2n) is 1.98. The molecule has 5 heteroatoms. The molecule has 0 aromatic carbocycles.